The molecular formula is C24H41N7O3Si. The van der Waals surface area contributed by atoms with Crippen molar-refractivity contribution < 1.29 is 14.4 Å². The van der Waals surface area contributed by atoms with Crippen LogP contribution in [0.2, 0.25) is 19.6 Å². The number of unbranched alkanes of at least 4 members (excludes halogenated alkanes) is 1. The van der Waals surface area contributed by atoms with Gasteiger partial charge in [0.2, 0.25) is 17.7 Å². The Morgan fingerprint density at radius 1 is 0.943 bits per heavy atom. The summed E-state index contributed by atoms with van der Waals surface area (Å²) in [4.78, 5) is 36.7. The lowest BCUT2D eigenvalue weighted by Gasteiger charge is -2.21. The summed E-state index contributed by atoms with van der Waals surface area (Å²) in [5, 5.41) is 7.84. The van der Waals surface area contributed by atoms with E-state index in [4.69, 9.17) is 22.9 Å². The summed E-state index contributed by atoms with van der Waals surface area (Å²) in [6, 6.07) is 5.32. The van der Waals surface area contributed by atoms with Crippen LogP contribution < -0.4 is 38.9 Å². The highest BCUT2D eigenvalue weighted by molar-refractivity contribution is 6.83. The second kappa shape index (κ2) is 15.3. The summed E-state index contributed by atoms with van der Waals surface area (Å²) in [7, 11) is -1.43. The van der Waals surface area contributed by atoms with Crippen LogP contribution in [0.1, 0.15) is 24.0 Å². The Morgan fingerprint density at radius 2 is 1.60 bits per heavy atom. The van der Waals surface area contributed by atoms with Crippen LogP contribution in [0.3, 0.4) is 0 Å². The van der Waals surface area contributed by atoms with E-state index in [-0.39, 0.29) is 19.6 Å². The zero-order chi connectivity index (χ0) is 26.4. The van der Waals surface area contributed by atoms with Crippen molar-refractivity contribution in [3.63, 3.8) is 0 Å². The Labute approximate surface area is 209 Å². The minimum atomic E-state index is -1.43. The Hall–Kier alpha value is -2.75. The number of hydrogen-bond acceptors (Lipinski definition) is 7. The largest absolute Gasteiger partial charge is 0.354 e. The van der Waals surface area contributed by atoms with Gasteiger partial charge in [-0.2, -0.15) is 0 Å². The Bertz CT molecular complexity index is 908. The summed E-state index contributed by atoms with van der Waals surface area (Å²) in [6.45, 7) is 6.79. The molecule has 3 atom stereocenters. The Balaban J connectivity index is 2.58. The smallest absolute Gasteiger partial charge is 0.244 e. The lowest BCUT2D eigenvalue weighted by molar-refractivity contribution is -0.130. The molecule has 10 nitrogen and oxygen atoms in total. The summed E-state index contributed by atoms with van der Waals surface area (Å²) >= 11 is 0. The number of rotatable bonds is 13. The highest BCUT2D eigenvalue weighted by atomic mass is 28.3. The van der Waals surface area contributed by atoms with Gasteiger partial charge in [-0.15, -0.1) is 5.54 Å². The molecule has 3 unspecified atom stereocenters. The van der Waals surface area contributed by atoms with Crippen LogP contribution in [0.15, 0.2) is 24.3 Å². The van der Waals surface area contributed by atoms with Crippen molar-refractivity contribution in [3.05, 3.63) is 35.4 Å². The highest BCUT2D eigenvalue weighted by Gasteiger charge is 2.24. The fourth-order valence-corrected chi connectivity index (χ4v) is 3.41. The van der Waals surface area contributed by atoms with Gasteiger partial charge in [0.1, 0.15) is 14.1 Å². The number of benzene rings is 1. The highest BCUT2D eigenvalue weighted by Crippen LogP contribution is 2.09. The van der Waals surface area contributed by atoms with Crippen molar-refractivity contribution in [1.82, 2.24) is 16.0 Å². The number of amides is 3. The van der Waals surface area contributed by atoms with Crippen molar-refractivity contribution in [2.24, 2.45) is 22.9 Å². The standard InChI is InChI=1S/C24H41N7O3Si/c1-35(2,3)12-10-18-9-6-8-17(13-18)7-4-5-11-29-24(34)21(31-23(33)20(28)15-26)16-30-22(32)19(27)14-25/h6,8-9,13,19-21H,4-5,7,11,14-16,25-28H2,1-3H3,(H,29,34)(H,30,32)(H,31,33). The van der Waals surface area contributed by atoms with Gasteiger partial charge in [0.25, 0.3) is 0 Å². The molecule has 0 aromatic heterocycles. The summed E-state index contributed by atoms with van der Waals surface area (Å²) < 4.78 is 0. The molecule has 0 bridgehead atoms. The first-order valence-electron chi connectivity index (χ1n) is 11.9. The predicted molar refractivity (Wildman–Crippen MR) is 142 cm³/mol. The van der Waals surface area contributed by atoms with E-state index >= 15 is 0 Å². The van der Waals surface area contributed by atoms with E-state index in [1.165, 1.54) is 5.56 Å². The monoisotopic (exact) mass is 503 g/mol. The van der Waals surface area contributed by atoms with Gasteiger partial charge in [-0.05, 0) is 37.0 Å². The first-order chi connectivity index (χ1) is 16.5. The first kappa shape index (κ1) is 30.3. The fourth-order valence-electron chi connectivity index (χ4n) is 2.89. The normalized spacial score (nSPS) is 13.6. The van der Waals surface area contributed by atoms with Gasteiger partial charge in [-0.25, -0.2) is 0 Å². The van der Waals surface area contributed by atoms with Gasteiger partial charge >= 0.3 is 0 Å². The van der Waals surface area contributed by atoms with Crippen LogP contribution in [0.4, 0.5) is 0 Å². The summed E-state index contributed by atoms with van der Waals surface area (Å²) in [5.74, 6) is 1.74. The van der Waals surface area contributed by atoms with Crippen molar-refractivity contribution in [1.29, 1.82) is 0 Å². The van der Waals surface area contributed by atoms with Crippen molar-refractivity contribution >= 4 is 25.8 Å². The van der Waals surface area contributed by atoms with Gasteiger partial charge in [0.15, 0.2) is 0 Å². The molecule has 0 aliphatic rings. The van der Waals surface area contributed by atoms with Gasteiger partial charge < -0.3 is 38.9 Å². The van der Waals surface area contributed by atoms with E-state index < -0.39 is 43.9 Å². The zero-order valence-electron chi connectivity index (χ0n) is 21.0. The van der Waals surface area contributed by atoms with Crippen molar-refractivity contribution in [2.75, 3.05) is 26.2 Å². The molecule has 0 aliphatic heterocycles. The molecule has 1 aromatic carbocycles. The number of nitrogens with two attached hydrogens (primary N) is 4. The third-order valence-corrected chi connectivity index (χ3v) is 5.87. The van der Waals surface area contributed by atoms with Gasteiger partial charge in [-0.3, -0.25) is 14.4 Å². The van der Waals surface area contributed by atoms with Gasteiger partial charge in [0.05, 0.1) is 12.1 Å². The maximum Gasteiger partial charge on any atom is 0.244 e. The molecule has 0 saturated carbocycles. The lowest BCUT2D eigenvalue weighted by Crippen LogP contribution is -2.58. The molecule has 0 heterocycles. The van der Waals surface area contributed by atoms with Crippen LogP contribution >= 0.6 is 0 Å². The molecule has 0 aliphatic carbocycles. The van der Waals surface area contributed by atoms with Crippen molar-refractivity contribution in [3.8, 4) is 11.5 Å². The Kier molecular flexibility index (Phi) is 13.2. The van der Waals surface area contributed by atoms with E-state index in [0.717, 1.165) is 24.8 Å². The van der Waals surface area contributed by atoms with Gasteiger partial charge in [0, 0.05) is 31.7 Å². The second-order valence-electron chi connectivity index (χ2n) is 9.44. The van der Waals surface area contributed by atoms with E-state index in [0.29, 0.717) is 6.54 Å². The van der Waals surface area contributed by atoms with Crippen LogP contribution in [0, 0.1) is 11.5 Å². The number of hydrogen-bond donors (Lipinski definition) is 7. The fraction of sp³-hybridized carbons (Fsp3) is 0.542. The average molecular weight is 504 g/mol. The third-order valence-electron chi connectivity index (χ3n) is 5.00. The Morgan fingerprint density at radius 3 is 2.23 bits per heavy atom. The lowest BCUT2D eigenvalue weighted by atomic mass is 10.1. The molecule has 0 saturated heterocycles. The topological polar surface area (TPSA) is 191 Å². The number of carbonyl (C=O) groups excluding carboxylic acids is 3. The van der Waals surface area contributed by atoms with Gasteiger partial charge in [-0.1, -0.05) is 37.7 Å². The molecule has 1 rings (SSSR count). The molecule has 1 aromatic rings. The first-order valence-corrected chi connectivity index (χ1v) is 15.4. The maximum atomic E-state index is 12.7. The second-order valence-corrected chi connectivity index (χ2v) is 14.2. The molecule has 11 heteroatoms. The molecule has 0 radical (unpaired) electrons. The van der Waals surface area contributed by atoms with E-state index in [9.17, 15) is 14.4 Å². The minimum absolute atomic E-state index is 0.0408. The van der Waals surface area contributed by atoms with E-state index in [1.54, 1.807) is 0 Å². The summed E-state index contributed by atoms with van der Waals surface area (Å²) in [5.41, 5.74) is 27.6. The average Bonchev–Trinajstić information content (AvgIpc) is 2.83. The molecule has 3 amide bonds. The van der Waals surface area contributed by atoms with Crippen LogP contribution in [0.25, 0.3) is 0 Å². The molecular weight excluding hydrogens is 462 g/mol. The van der Waals surface area contributed by atoms with E-state index in [2.05, 4.69) is 59.2 Å². The molecule has 0 spiro atoms. The number of nitrogens with one attached hydrogen (secondary N) is 3. The maximum absolute atomic E-state index is 12.7. The third kappa shape index (κ3) is 12.5. The SMILES string of the molecule is C[Si](C)(C)C#Cc1cccc(CCCCNC(=O)C(CNC(=O)C(N)CN)NC(=O)C(N)CN)c1. The zero-order valence-corrected chi connectivity index (χ0v) is 22.0. The minimum Gasteiger partial charge on any atom is -0.354 e. The van der Waals surface area contributed by atoms with Crippen LogP contribution in [-0.2, 0) is 20.8 Å². The molecule has 11 N–H and O–H groups in total. The number of aryl methyl sites for hydroxylation is 1. The van der Waals surface area contributed by atoms with Crippen molar-refractivity contribution in [2.45, 2.75) is 57.0 Å². The quantitative estimate of drug-likeness (QED) is 0.0970. The molecule has 35 heavy (non-hydrogen) atoms. The predicted octanol–water partition coefficient (Wildman–Crippen LogP) is -1.47. The van der Waals surface area contributed by atoms with E-state index in [1.807, 2.05) is 12.1 Å². The molecule has 194 valence electrons. The number of carbonyl (C=O) groups is 3. The summed E-state index contributed by atoms with van der Waals surface area (Å²) in [6.07, 6.45) is 2.46. The van der Waals surface area contributed by atoms with Crippen LogP contribution in [-0.4, -0.2) is 70.1 Å². The molecule has 0 fully saturated rings. The van der Waals surface area contributed by atoms with Crippen LogP contribution in [0.5, 0.6) is 0 Å².